The zero-order valence-corrected chi connectivity index (χ0v) is 14.3. The minimum atomic E-state index is 0.0414. The highest BCUT2D eigenvalue weighted by Gasteiger charge is 2.23. The zero-order valence-electron chi connectivity index (χ0n) is 14.3. The van der Waals surface area contributed by atoms with Gasteiger partial charge in [0.1, 0.15) is 0 Å². The van der Waals surface area contributed by atoms with Crippen LogP contribution in [0.1, 0.15) is 44.1 Å². The first-order valence-corrected chi connectivity index (χ1v) is 8.97. The molecule has 3 rings (SSSR count). The minimum absolute atomic E-state index is 0.0414. The highest BCUT2D eigenvalue weighted by atomic mass is 16.5. The van der Waals surface area contributed by atoms with Crippen LogP contribution in [0.15, 0.2) is 30.4 Å². The van der Waals surface area contributed by atoms with Gasteiger partial charge >= 0.3 is 0 Å². The molecule has 0 aliphatic heterocycles. The predicted octanol–water partition coefficient (Wildman–Crippen LogP) is 3.58. The molecule has 0 unspecified atom stereocenters. The summed E-state index contributed by atoms with van der Waals surface area (Å²) >= 11 is 0. The van der Waals surface area contributed by atoms with Crippen LogP contribution in [0.3, 0.4) is 0 Å². The number of hydrogen-bond donors (Lipinski definition) is 2. The number of allylic oxidation sites excluding steroid dienone is 2. The summed E-state index contributed by atoms with van der Waals surface area (Å²) in [5.41, 5.74) is 0.850. The van der Waals surface area contributed by atoms with E-state index in [2.05, 4.69) is 17.5 Å². The molecule has 24 heavy (non-hydrogen) atoms. The Morgan fingerprint density at radius 2 is 1.79 bits per heavy atom. The number of methoxy groups -OCH3 is 1. The average molecular weight is 329 g/mol. The Morgan fingerprint density at radius 3 is 2.38 bits per heavy atom. The smallest absolute Gasteiger partial charge is 0.224 e. The van der Waals surface area contributed by atoms with Crippen molar-refractivity contribution in [2.45, 2.75) is 51.0 Å². The number of phenols is 1. The first-order valence-electron chi connectivity index (χ1n) is 8.97. The molecule has 0 radical (unpaired) electrons. The zero-order chi connectivity index (χ0) is 16.9. The van der Waals surface area contributed by atoms with E-state index in [1.807, 2.05) is 0 Å². The Balaban J connectivity index is 1.44. The summed E-state index contributed by atoms with van der Waals surface area (Å²) < 4.78 is 5.08. The molecule has 0 heterocycles. The predicted molar refractivity (Wildman–Crippen MR) is 94.1 cm³/mol. The van der Waals surface area contributed by atoms with E-state index in [1.54, 1.807) is 18.2 Å². The van der Waals surface area contributed by atoms with Crippen LogP contribution in [0, 0.1) is 11.8 Å². The van der Waals surface area contributed by atoms with Crippen molar-refractivity contribution in [1.29, 1.82) is 0 Å². The number of carbonyl (C=O) groups is 1. The lowest BCUT2D eigenvalue weighted by Gasteiger charge is -2.27. The summed E-state index contributed by atoms with van der Waals surface area (Å²) in [5.74, 6) is 2.09. The molecule has 4 nitrogen and oxygen atoms in total. The molecule has 2 aliphatic rings. The molecule has 1 aromatic carbocycles. The molecule has 1 aromatic rings. The summed E-state index contributed by atoms with van der Waals surface area (Å²) in [6.07, 6.45) is 12.3. The normalized spacial score (nSPS) is 24.0. The third-order valence-electron chi connectivity index (χ3n) is 5.02. The molecule has 0 bridgehead atoms. The molecule has 2 N–H and O–H groups in total. The van der Waals surface area contributed by atoms with Gasteiger partial charge in [-0.2, -0.15) is 0 Å². The van der Waals surface area contributed by atoms with E-state index in [1.165, 1.54) is 32.8 Å². The minimum Gasteiger partial charge on any atom is -0.504 e. The van der Waals surface area contributed by atoms with Crippen LogP contribution >= 0.6 is 0 Å². The quantitative estimate of drug-likeness (QED) is 0.784. The number of carbonyl (C=O) groups excluding carboxylic acids is 1. The van der Waals surface area contributed by atoms with Gasteiger partial charge < -0.3 is 15.2 Å². The van der Waals surface area contributed by atoms with Crippen molar-refractivity contribution in [1.82, 2.24) is 5.32 Å². The van der Waals surface area contributed by atoms with Crippen molar-refractivity contribution in [3.05, 3.63) is 35.9 Å². The molecule has 0 atom stereocenters. The van der Waals surface area contributed by atoms with E-state index in [9.17, 15) is 9.90 Å². The maximum atomic E-state index is 12.2. The van der Waals surface area contributed by atoms with Crippen molar-refractivity contribution in [3.63, 3.8) is 0 Å². The molecule has 0 spiro atoms. The second kappa shape index (κ2) is 7.73. The van der Waals surface area contributed by atoms with Gasteiger partial charge in [0.05, 0.1) is 13.5 Å². The van der Waals surface area contributed by atoms with Crippen molar-refractivity contribution in [3.8, 4) is 11.5 Å². The van der Waals surface area contributed by atoms with Gasteiger partial charge in [-0.1, -0.05) is 18.2 Å². The Morgan fingerprint density at radius 1 is 1.17 bits per heavy atom. The molecule has 1 amide bonds. The molecule has 2 aliphatic carbocycles. The van der Waals surface area contributed by atoms with Gasteiger partial charge in [-0.25, -0.2) is 0 Å². The highest BCUT2D eigenvalue weighted by molar-refractivity contribution is 5.79. The summed E-state index contributed by atoms with van der Waals surface area (Å²) in [6.45, 7) is 0. The summed E-state index contributed by atoms with van der Waals surface area (Å²) in [5, 5.41) is 12.8. The lowest BCUT2D eigenvalue weighted by atomic mass is 9.85. The topological polar surface area (TPSA) is 58.6 Å². The van der Waals surface area contributed by atoms with E-state index in [-0.39, 0.29) is 11.7 Å². The maximum absolute atomic E-state index is 12.2. The van der Waals surface area contributed by atoms with Crippen molar-refractivity contribution >= 4 is 5.91 Å². The van der Waals surface area contributed by atoms with E-state index >= 15 is 0 Å². The van der Waals surface area contributed by atoms with E-state index in [4.69, 9.17) is 4.74 Å². The fourth-order valence-electron chi connectivity index (χ4n) is 3.36. The van der Waals surface area contributed by atoms with Crippen LogP contribution in [-0.2, 0) is 11.2 Å². The molecule has 4 heteroatoms. The summed E-state index contributed by atoms with van der Waals surface area (Å²) in [6, 6.07) is 5.34. The molecule has 0 aromatic heterocycles. The van der Waals surface area contributed by atoms with Crippen LogP contribution in [0.4, 0.5) is 0 Å². The lowest BCUT2D eigenvalue weighted by Crippen LogP contribution is -2.38. The summed E-state index contributed by atoms with van der Waals surface area (Å²) in [7, 11) is 1.51. The maximum Gasteiger partial charge on any atom is 0.224 e. The van der Waals surface area contributed by atoms with Gasteiger partial charge in [0.15, 0.2) is 11.5 Å². The molecule has 130 valence electrons. The van der Waals surface area contributed by atoms with Crippen LogP contribution in [-0.4, -0.2) is 24.2 Å². The van der Waals surface area contributed by atoms with E-state index in [0.717, 1.165) is 24.3 Å². The highest BCUT2D eigenvalue weighted by Crippen LogP contribution is 2.32. The Kier molecular flexibility index (Phi) is 5.44. The fraction of sp³-hybridized carbons (Fsp3) is 0.550. The SMILES string of the molecule is COc1cc(CC(=O)NC2CCC(C=CC3CC3)CC2)ccc1O. The number of amides is 1. The first kappa shape index (κ1) is 16.9. The van der Waals surface area contributed by atoms with Crippen LogP contribution in [0.25, 0.3) is 0 Å². The van der Waals surface area contributed by atoms with Gasteiger partial charge in [0.2, 0.25) is 5.91 Å². The van der Waals surface area contributed by atoms with E-state index in [0.29, 0.717) is 24.1 Å². The Hall–Kier alpha value is -1.97. The standard InChI is InChI=1S/C20H27NO3/c1-24-19-12-16(8-11-18(19)22)13-20(23)21-17-9-6-15(7-10-17)5-4-14-2-3-14/h4-5,8,11-12,14-15,17,22H,2-3,6-7,9-10,13H2,1H3,(H,21,23). The molecule has 2 fully saturated rings. The van der Waals surface area contributed by atoms with Gasteiger partial charge in [0.25, 0.3) is 0 Å². The van der Waals surface area contributed by atoms with Crippen LogP contribution in [0.5, 0.6) is 11.5 Å². The third kappa shape index (κ3) is 4.76. The number of phenolic OH excluding ortho intramolecular Hbond substituents is 1. The first-order chi connectivity index (χ1) is 11.6. The molecular formula is C20H27NO3. The monoisotopic (exact) mass is 329 g/mol. The Bertz CT molecular complexity index is 599. The van der Waals surface area contributed by atoms with Crippen LogP contribution < -0.4 is 10.1 Å². The molecular weight excluding hydrogens is 302 g/mol. The van der Waals surface area contributed by atoms with Gasteiger partial charge in [0, 0.05) is 6.04 Å². The second-order valence-corrected chi connectivity index (χ2v) is 7.08. The average Bonchev–Trinajstić information content (AvgIpc) is 3.40. The van der Waals surface area contributed by atoms with Crippen molar-refractivity contribution < 1.29 is 14.6 Å². The number of ether oxygens (including phenoxy) is 1. The Labute approximate surface area is 143 Å². The third-order valence-corrected chi connectivity index (χ3v) is 5.02. The fourth-order valence-corrected chi connectivity index (χ4v) is 3.36. The van der Waals surface area contributed by atoms with Gasteiger partial charge in [-0.15, -0.1) is 0 Å². The largest absolute Gasteiger partial charge is 0.504 e. The number of benzene rings is 1. The number of hydrogen-bond acceptors (Lipinski definition) is 3. The van der Waals surface area contributed by atoms with Crippen molar-refractivity contribution in [2.24, 2.45) is 11.8 Å². The van der Waals surface area contributed by atoms with Crippen molar-refractivity contribution in [2.75, 3.05) is 7.11 Å². The second-order valence-electron chi connectivity index (χ2n) is 7.08. The lowest BCUT2D eigenvalue weighted by molar-refractivity contribution is -0.121. The van der Waals surface area contributed by atoms with Gasteiger partial charge in [-0.05, 0) is 68.1 Å². The number of aromatic hydroxyl groups is 1. The molecule has 0 saturated heterocycles. The van der Waals surface area contributed by atoms with Gasteiger partial charge in [-0.3, -0.25) is 4.79 Å². The molecule has 2 saturated carbocycles. The number of rotatable bonds is 6. The summed E-state index contributed by atoms with van der Waals surface area (Å²) in [4.78, 5) is 12.2. The van der Waals surface area contributed by atoms with Crippen LogP contribution in [0.2, 0.25) is 0 Å². The number of nitrogens with one attached hydrogen (secondary N) is 1. The van der Waals surface area contributed by atoms with E-state index < -0.39 is 0 Å².